The van der Waals surface area contributed by atoms with Crippen molar-refractivity contribution >= 4 is 5.84 Å². The van der Waals surface area contributed by atoms with E-state index < -0.39 is 0 Å². The minimum atomic E-state index is 0.464. The van der Waals surface area contributed by atoms with Crippen LogP contribution in [0.25, 0.3) is 0 Å². The van der Waals surface area contributed by atoms with Crippen molar-refractivity contribution in [1.82, 2.24) is 4.90 Å². The highest BCUT2D eigenvalue weighted by Crippen LogP contribution is 2.32. The van der Waals surface area contributed by atoms with E-state index in [9.17, 15) is 0 Å². The largest absolute Gasteiger partial charge is 0.330 e. The molecule has 0 amide bonds. The Hall–Kier alpha value is -1.05. The van der Waals surface area contributed by atoms with Gasteiger partial charge in [0.05, 0.1) is 0 Å². The van der Waals surface area contributed by atoms with Gasteiger partial charge in [0.1, 0.15) is 5.84 Å². The summed E-state index contributed by atoms with van der Waals surface area (Å²) in [5, 5.41) is 0. The topological polar surface area (TPSA) is 15.6 Å². The van der Waals surface area contributed by atoms with Gasteiger partial charge in [0.2, 0.25) is 0 Å². The molecular formula is C15H26N2. The van der Waals surface area contributed by atoms with Gasteiger partial charge in [-0.25, -0.2) is 0 Å². The third-order valence-corrected chi connectivity index (χ3v) is 3.02. The van der Waals surface area contributed by atoms with Crippen LogP contribution in [0.4, 0.5) is 0 Å². The molecule has 0 aromatic carbocycles. The number of hydrogen-bond acceptors (Lipinski definition) is 1. The lowest BCUT2D eigenvalue weighted by Crippen LogP contribution is -2.30. The second kappa shape index (κ2) is 5.52. The monoisotopic (exact) mass is 234 g/mol. The van der Waals surface area contributed by atoms with Crippen molar-refractivity contribution in [1.29, 1.82) is 0 Å². The zero-order chi connectivity index (χ0) is 13.2. The van der Waals surface area contributed by atoms with Crippen LogP contribution >= 0.6 is 0 Å². The molecule has 0 aliphatic carbocycles. The molecular weight excluding hydrogens is 208 g/mol. The summed E-state index contributed by atoms with van der Waals surface area (Å²) in [7, 11) is 0. The molecule has 1 rings (SSSR count). The summed E-state index contributed by atoms with van der Waals surface area (Å²) in [5.74, 6) is 1.71. The molecule has 0 N–H and O–H groups in total. The first-order chi connectivity index (χ1) is 7.90. The van der Waals surface area contributed by atoms with Crippen LogP contribution in [-0.4, -0.2) is 23.3 Å². The molecule has 0 saturated carbocycles. The van der Waals surface area contributed by atoms with Crippen LogP contribution in [0, 0.1) is 5.92 Å². The molecule has 0 unspecified atom stereocenters. The van der Waals surface area contributed by atoms with Crippen molar-refractivity contribution in [3.8, 4) is 0 Å². The Morgan fingerprint density at radius 3 is 2.18 bits per heavy atom. The van der Waals surface area contributed by atoms with Gasteiger partial charge in [-0.3, -0.25) is 4.99 Å². The first-order valence-corrected chi connectivity index (χ1v) is 6.62. The van der Waals surface area contributed by atoms with Crippen molar-refractivity contribution in [2.45, 2.75) is 54.5 Å². The quantitative estimate of drug-likeness (QED) is 0.720. The maximum atomic E-state index is 4.69. The molecule has 1 heterocycles. The standard InChI is InChI=1S/C15H26N2/c1-8-16-15-14(11(4)5)13(10(2)3)9-17(15)12(6)7/h9-10,12H,8H2,1-7H3/b16-15+. The molecule has 1 aliphatic rings. The Balaban J connectivity index is 3.30. The van der Waals surface area contributed by atoms with Gasteiger partial charge in [-0.05, 0) is 46.1 Å². The predicted octanol–water partition coefficient (Wildman–Crippen LogP) is 4.01. The van der Waals surface area contributed by atoms with Gasteiger partial charge in [0, 0.05) is 24.4 Å². The van der Waals surface area contributed by atoms with E-state index in [1.165, 1.54) is 16.7 Å². The molecule has 0 spiro atoms. The fraction of sp³-hybridized carbons (Fsp3) is 0.667. The van der Waals surface area contributed by atoms with E-state index in [1.54, 1.807) is 0 Å². The maximum absolute atomic E-state index is 4.69. The molecule has 0 aromatic rings. The molecule has 0 aromatic heterocycles. The van der Waals surface area contributed by atoms with Crippen LogP contribution in [0.1, 0.15) is 48.5 Å². The van der Waals surface area contributed by atoms with Crippen molar-refractivity contribution in [2.75, 3.05) is 6.54 Å². The fourth-order valence-electron chi connectivity index (χ4n) is 2.19. The Morgan fingerprint density at radius 1 is 1.24 bits per heavy atom. The average molecular weight is 234 g/mol. The van der Waals surface area contributed by atoms with E-state index in [0.717, 1.165) is 12.4 Å². The number of aliphatic imine (C=N–C) groups is 1. The zero-order valence-electron chi connectivity index (χ0n) is 12.3. The van der Waals surface area contributed by atoms with Gasteiger partial charge < -0.3 is 4.90 Å². The van der Waals surface area contributed by atoms with E-state index >= 15 is 0 Å². The van der Waals surface area contributed by atoms with Gasteiger partial charge in [-0.15, -0.1) is 0 Å². The highest BCUT2D eigenvalue weighted by atomic mass is 15.2. The van der Waals surface area contributed by atoms with Crippen LogP contribution in [0.5, 0.6) is 0 Å². The highest BCUT2D eigenvalue weighted by molar-refractivity contribution is 6.06. The minimum Gasteiger partial charge on any atom is -0.330 e. The molecule has 0 atom stereocenters. The van der Waals surface area contributed by atoms with Crippen molar-refractivity contribution in [2.24, 2.45) is 10.9 Å². The summed E-state index contributed by atoms with van der Waals surface area (Å²) in [4.78, 5) is 7.00. The van der Waals surface area contributed by atoms with Crippen molar-refractivity contribution < 1.29 is 0 Å². The number of allylic oxidation sites excluding steroid dienone is 1. The molecule has 17 heavy (non-hydrogen) atoms. The third-order valence-electron chi connectivity index (χ3n) is 3.02. The normalized spacial score (nSPS) is 18.6. The molecule has 1 aliphatic heterocycles. The van der Waals surface area contributed by atoms with Gasteiger partial charge in [-0.2, -0.15) is 0 Å². The summed E-state index contributed by atoms with van der Waals surface area (Å²) < 4.78 is 0. The van der Waals surface area contributed by atoms with Gasteiger partial charge >= 0.3 is 0 Å². The predicted molar refractivity (Wildman–Crippen MR) is 76.2 cm³/mol. The van der Waals surface area contributed by atoms with Crippen molar-refractivity contribution in [3.63, 3.8) is 0 Å². The van der Waals surface area contributed by atoms with E-state index in [2.05, 4.69) is 59.6 Å². The maximum Gasteiger partial charge on any atom is 0.135 e. The fourth-order valence-corrected chi connectivity index (χ4v) is 2.19. The minimum absolute atomic E-state index is 0.464. The van der Waals surface area contributed by atoms with Crippen molar-refractivity contribution in [3.05, 3.63) is 22.9 Å². The van der Waals surface area contributed by atoms with Gasteiger partial charge in [-0.1, -0.05) is 19.4 Å². The lowest BCUT2D eigenvalue weighted by molar-refractivity contribution is 0.463. The van der Waals surface area contributed by atoms with Crippen LogP contribution in [0.15, 0.2) is 27.9 Å². The lowest BCUT2D eigenvalue weighted by atomic mass is 9.94. The summed E-state index contributed by atoms with van der Waals surface area (Å²) >= 11 is 0. The zero-order valence-corrected chi connectivity index (χ0v) is 12.3. The summed E-state index contributed by atoms with van der Waals surface area (Å²) in [6, 6.07) is 0.464. The first-order valence-electron chi connectivity index (χ1n) is 6.62. The lowest BCUT2D eigenvalue weighted by Gasteiger charge is -2.22. The number of rotatable bonds is 3. The van der Waals surface area contributed by atoms with Gasteiger partial charge in [0.15, 0.2) is 0 Å². The summed E-state index contributed by atoms with van der Waals surface area (Å²) in [5.41, 5.74) is 4.14. The SMILES string of the molecule is CC/N=C1\C(=C(C)C)C(C(C)C)=CN1C(C)C. The van der Waals surface area contributed by atoms with Gasteiger partial charge in [0.25, 0.3) is 0 Å². The van der Waals surface area contributed by atoms with Crippen LogP contribution < -0.4 is 0 Å². The number of amidine groups is 1. The molecule has 0 bridgehead atoms. The molecule has 0 radical (unpaired) electrons. The highest BCUT2D eigenvalue weighted by Gasteiger charge is 2.29. The molecule has 0 fully saturated rings. The van der Waals surface area contributed by atoms with E-state index in [4.69, 9.17) is 4.99 Å². The molecule has 2 heteroatoms. The Labute approximate surface area is 106 Å². The third kappa shape index (κ3) is 2.80. The summed E-state index contributed by atoms with van der Waals surface area (Å²) in [6.45, 7) is 16.2. The summed E-state index contributed by atoms with van der Waals surface area (Å²) in [6.07, 6.45) is 2.28. The second-order valence-electron chi connectivity index (χ2n) is 5.41. The Morgan fingerprint density at radius 2 is 1.82 bits per heavy atom. The average Bonchev–Trinajstić information content (AvgIpc) is 2.57. The Kier molecular flexibility index (Phi) is 4.55. The number of nitrogens with zero attached hydrogens (tertiary/aromatic N) is 2. The van der Waals surface area contributed by atoms with E-state index in [-0.39, 0.29) is 0 Å². The second-order valence-corrected chi connectivity index (χ2v) is 5.41. The molecule has 2 nitrogen and oxygen atoms in total. The van der Waals surface area contributed by atoms with E-state index in [0.29, 0.717) is 12.0 Å². The number of hydrogen-bond donors (Lipinski definition) is 0. The smallest absolute Gasteiger partial charge is 0.135 e. The first kappa shape index (κ1) is 14.0. The molecule has 96 valence electrons. The van der Waals surface area contributed by atoms with E-state index in [1.807, 2.05) is 0 Å². The van der Waals surface area contributed by atoms with Crippen LogP contribution in [0.3, 0.4) is 0 Å². The van der Waals surface area contributed by atoms with Crippen LogP contribution in [0.2, 0.25) is 0 Å². The Bertz CT molecular complexity index is 366. The van der Waals surface area contributed by atoms with Crippen LogP contribution in [-0.2, 0) is 0 Å². The molecule has 0 saturated heterocycles.